The van der Waals surface area contributed by atoms with Crippen molar-refractivity contribution < 1.29 is 9.90 Å². The molecule has 0 atom stereocenters. The van der Waals surface area contributed by atoms with E-state index in [1.54, 1.807) is 12.1 Å². The predicted molar refractivity (Wildman–Crippen MR) is 81.2 cm³/mol. The van der Waals surface area contributed by atoms with E-state index in [0.717, 1.165) is 16.5 Å². The quantitative estimate of drug-likeness (QED) is 0.845. The number of hydrogen-bond donors (Lipinski definition) is 1. The number of aromatic nitrogens is 1. The summed E-state index contributed by atoms with van der Waals surface area (Å²) in [5, 5.41) is 10.5. The Kier molecular flexibility index (Phi) is 4.60. The van der Waals surface area contributed by atoms with Crippen LogP contribution in [0.3, 0.4) is 0 Å². The molecule has 19 heavy (non-hydrogen) atoms. The number of hydrogen-bond acceptors (Lipinski definition) is 3. The Bertz CT molecular complexity index is 627. The van der Waals surface area contributed by atoms with Crippen LogP contribution in [0.4, 0.5) is 0 Å². The van der Waals surface area contributed by atoms with Gasteiger partial charge in [-0.1, -0.05) is 40.9 Å². The Morgan fingerprint density at radius 1 is 1.53 bits per heavy atom. The molecule has 0 fully saturated rings. The van der Waals surface area contributed by atoms with Gasteiger partial charge in [-0.3, -0.25) is 0 Å². The normalized spacial score (nSPS) is 10.7. The molecule has 0 spiro atoms. The highest BCUT2D eigenvalue weighted by Crippen LogP contribution is 2.35. The summed E-state index contributed by atoms with van der Waals surface area (Å²) < 4.78 is 0.814. The largest absolute Gasteiger partial charge is 0.477 e. The number of carboxylic acid groups (broad SMARTS) is 1. The SMILES string of the molecule is CCCc1nc(-c2ccc(Cl)cc2Br)sc1C(=O)O. The van der Waals surface area contributed by atoms with Gasteiger partial charge in [0.05, 0.1) is 5.69 Å². The molecule has 1 aromatic heterocycles. The van der Waals surface area contributed by atoms with Crippen molar-refractivity contribution in [2.75, 3.05) is 0 Å². The maximum Gasteiger partial charge on any atom is 0.347 e. The standard InChI is InChI=1S/C13H11BrClNO2S/c1-2-3-10-11(13(17)18)19-12(16-10)8-5-4-7(15)6-9(8)14/h4-6H,2-3H2,1H3,(H,17,18). The van der Waals surface area contributed by atoms with Crippen LogP contribution in [-0.2, 0) is 6.42 Å². The molecule has 0 aliphatic rings. The zero-order valence-electron chi connectivity index (χ0n) is 10.1. The maximum atomic E-state index is 11.2. The number of halogens is 2. The number of aryl methyl sites for hydroxylation is 1. The topological polar surface area (TPSA) is 50.2 Å². The molecule has 3 nitrogen and oxygen atoms in total. The van der Waals surface area contributed by atoms with E-state index in [1.165, 1.54) is 11.3 Å². The monoisotopic (exact) mass is 359 g/mol. The zero-order valence-corrected chi connectivity index (χ0v) is 13.3. The highest BCUT2D eigenvalue weighted by molar-refractivity contribution is 9.10. The van der Waals surface area contributed by atoms with Crippen LogP contribution in [0.1, 0.15) is 28.7 Å². The van der Waals surface area contributed by atoms with E-state index in [9.17, 15) is 9.90 Å². The van der Waals surface area contributed by atoms with Gasteiger partial charge in [-0.2, -0.15) is 0 Å². The molecule has 0 amide bonds. The summed E-state index contributed by atoms with van der Waals surface area (Å²) in [7, 11) is 0. The van der Waals surface area contributed by atoms with Crippen molar-refractivity contribution in [1.82, 2.24) is 4.98 Å². The van der Waals surface area contributed by atoms with Crippen molar-refractivity contribution in [2.45, 2.75) is 19.8 Å². The van der Waals surface area contributed by atoms with Crippen LogP contribution < -0.4 is 0 Å². The third-order valence-electron chi connectivity index (χ3n) is 2.54. The lowest BCUT2D eigenvalue weighted by molar-refractivity contribution is 0.0700. The molecule has 0 aliphatic carbocycles. The van der Waals surface area contributed by atoms with Gasteiger partial charge in [0.25, 0.3) is 0 Å². The second kappa shape index (κ2) is 6.03. The van der Waals surface area contributed by atoms with E-state index in [1.807, 2.05) is 13.0 Å². The number of nitrogens with zero attached hydrogens (tertiary/aromatic N) is 1. The van der Waals surface area contributed by atoms with Crippen LogP contribution in [0.15, 0.2) is 22.7 Å². The van der Waals surface area contributed by atoms with E-state index in [-0.39, 0.29) is 0 Å². The molecule has 0 aliphatic heterocycles. The third-order valence-corrected chi connectivity index (χ3v) is 4.55. The van der Waals surface area contributed by atoms with E-state index in [4.69, 9.17) is 11.6 Å². The van der Waals surface area contributed by atoms with Crippen LogP contribution in [0.5, 0.6) is 0 Å². The van der Waals surface area contributed by atoms with Crippen molar-refractivity contribution in [2.24, 2.45) is 0 Å². The highest BCUT2D eigenvalue weighted by Gasteiger charge is 2.18. The van der Waals surface area contributed by atoms with E-state index in [2.05, 4.69) is 20.9 Å². The van der Waals surface area contributed by atoms with Crippen LogP contribution in [0, 0.1) is 0 Å². The summed E-state index contributed by atoms with van der Waals surface area (Å²) in [6, 6.07) is 5.38. The van der Waals surface area contributed by atoms with Crippen molar-refractivity contribution in [3.63, 3.8) is 0 Å². The number of carboxylic acids is 1. The first-order chi connectivity index (χ1) is 9.02. The van der Waals surface area contributed by atoms with Gasteiger partial charge in [0, 0.05) is 15.1 Å². The second-order valence-electron chi connectivity index (χ2n) is 3.97. The first-order valence-electron chi connectivity index (χ1n) is 5.71. The molecule has 0 radical (unpaired) electrons. The number of thiazole rings is 1. The Labute approximate surface area is 128 Å². The van der Waals surface area contributed by atoms with Crippen molar-refractivity contribution in [1.29, 1.82) is 0 Å². The summed E-state index contributed by atoms with van der Waals surface area (Å²) in [5.74, 6) is -0.919. The van der Waals surface area contributed by atoms with Gasteiger partial charge in [0.2, 0.25) is 0 Å². The molecule has 0 saturated carbocycles. The number of carbonyl (C=O) groups is 1. The lowest BCUT2D eigenvalue weighted by atomic mass is 10.2. The Balaban J connectivity index is 2.50. The first-order valence-corrected chi connectivity index (χ1v) is 7.70. The summed E-state index contributed by atoms with van der Waals surface area (Å²) >= 11 is 10.5. The van der Waals surface area contributed by atoms with Gasteiger partial charge in [0.1, 0.15) is 9.88 Å². The van der Waals surface area contributed by atoms with Gasteiger partial charge in [-0.15, -0.1) is 11.3 Å². The summed E-state index contributed by atoms with van der Waals surface area (Å²) in [6.07, 6.45) is 1.54. The van der Waals surface area contributed by atoms with Gasteiger partial charge in [-0.05, 0) is 24.6 Å². The molecule has 6 heteroatoms. The lowest BCUT2D eigenvalue weighted by Crippen LogP contribution is -1.98. The molecule has 0 unspecified atom stereocenters. The Morgan fingerprint density at radius 3 is 2.84 bits per heavy atom. The lowest BCUT2D eigenvalue weighted by Gasteiger charge is -2.00. The van der Waals surface area contributed by atoms with Gasteiger partial charge >= 0.3 is 5.97 Å². The average molecular weight is 361 g/mol. The molecule has 0 bridgehead atoms. The predicted octanol–water partition coefficient (Wildman–Crippen LogP) is 4.88. The number of aromatic carboxylic acids is 1. The zero-order chi connectivity index (χ0) is 14.0. The fraction of sp³-hybridized carbons (Fsp3) is 0.231. The fourth-order valence-corrected chi connectivity index (χ4v) is 3.69. The van der Waals surface area contributed by atoms with Crippen LogP contribution in [0.25, 0.3) is 10.6 Å². The molecule has 1 aromatic carbocycles. The molecule has 1 heterocycles. The van der Waals surface area contributed by atoms with E-state index >= 15 is 0 Å². The van der Waals surface area contributed by atoms with Gasteiger partial charge in [-0.25, -0.2) is 9.78 Å². The van der Waals surface area contributed by atoms with E-state index in [0.29, 0.717) is 27.0 Å². The molecular weight excluding hydrogens is 350 g/mol. The highest BCUT2D eigenvalue weighted by atomic mass is 79.9. The minimum atomic E-state index is -0.919. The summed E-state index contributed by atoms with van der Waals surface area (Å²) in [4.78, 5) is 16.0. The van der Waals surface area contributed by atoms with E-state index < -0.39 is 5.97 Å². The van der Waals surface area contributed by atoms with Crippen molar-refractivity contribution in [3.8, 4) is 10.6 Å². The number of rotatable bonds is 4. The molecule has 2 rings (SSSR count). The molecular formula is C13H11BrClNO2S. The minimum absolute atomic E-state index is 0.318. The molecule has 1 N–H and O–H groups in total. The first kappa shape index (κ1) is 14.5. The third kappa shape index (κ3) is 3.16. The maximum absolute atomic E-state index is 11.2. The molecule has 100 valence electrons. The Morgan fingerprint density at radius 2 is 2.26 bits per heavy atom. The van der Waals surface area contributed by atoms with Gasteiger partial charge < -0.3 is 5.11 Å². The van der Waals surface area contributed by atoms with Crippen molar-refractivity contribution in [3.05, 3.63) is 38.3 Å². The number of benzene rings is 1. The average Bonchev–Trinajstić information content (AvgIpc) is 2.73. The smallest absolute Gasteiger partial charge is 0.347 e. The Hall–Kier alpha value is -0.910. The van der Waals surface area contributed by atoms with Crippen LogP contribution >= 0.6 is 38.9 Å². The second-order valence-corrected chi connectivity index (χ2v) is 6.26. The molecule has 2 aromatic rings. The summed E-state index contributed by atoms with van der Waals surface area (Å²) in [6.45, 7) is 2.00. The van der Waals surface area contributed by atoms with Crippen molar-refractivity contribution >= 4 is 44.8 Å². The fourth-order valence-electron chi connectivity index (χ4n) is 1.70. The summed E-state index contributed by atoms with van der Waals surface area (Å²) in [5.41, 5.74) is 1.51. The minimum Gasteiger partial charge on any atom is -0.477 e. The van der Waals surface area contributed by atoms with Crippen LogP contribution in [0.2, 0.25) is 5.02 Å². The van der Waals surface area contributed by atoms with Gasteiger partial charge in [0.15, 0.2) is 0 Å². The van der Waals surface area contributed by atoms with Crippen LogP contribution in [-0.4, -0.2) is 16.1 Å². The molecule has 0 saturated heterocycles.